The van der Waals surface area contributed by atoms with E-state index in [0.29, 0.717) is 24.4 Å². The van der Waals surface area contributed by atoms with Crippen LogP contribution in [0.2, 0.25) is 0 Å². The third-order valence-electron chi connectivity index (χ3n) is 3.32. The molecule has 1 fully saturated rings. The number of ether oxygens (including phenoxy) is 1. The highest BCUT2D eigenvalue weighted by Gasteiger charge is 2.26. The molecule has 1 aliphatic rings. The van der Waals surface area contributed by atoms with E-state index in [1.807, 2.05) is 6.92 Å². The number of nitrogens with one attached hydrogen (secondary N) is 1. The summed E-state index contributed by atoms with van der Waals surface area (Å²) >= 11 is 0. The number of hydrogen-bond acceptors (Lipinski definition) is 3. The van der Waals surface area contributed by atoms with Crippen molar-refractivity contribution in [1.82, 2.24) is 5.32 Å². The lowest BCUT2D eigenvalue weighted by atomic mass is 9.93. The monoisotopic (exact) mass is 229 g/mol. The fourth-order valence-electron chi connectivity index (χ4n) is 2.45. The van der Waals surface area contributed by atoms with E-state index in [9.17, 15) is 5.11 Å². The molecule has 1 heterocycles. The molecular weight excluding hydrogens is 202 g/mol. The predicted octanol–water partition coefficient (Wildman–Crippen LogP) is 1.80. The Bertz CT molecular complexity index is 198. The van der Waals surface area contributed by atoms with Crippen LogP contribution in [0.1, 0.15) is 40.5 Å². The minimum atomic E-state index is -0.595. The topological polar surface area (TPSA) is 41.5 Å². The third kappa shape index (κ3) is 4.81. The predicted molar refractivity (Wildman–Crippen MR) is 66.5 cm³/mol. The molecule has 3 atom stereocenters. The number of aliphatic hydroxyl groups is 1. The zero-order chi connectivity index (χ0) is 12.2. The van der Waals surface area contributed by atoms with Crippen LogP contribution < -0.4 is 5.32 Å². The van der Waals surface area contributed by atoms with Gasteiger partial charge in [-0.25, -0.2) is 0 Å². The molecule has 3 heteroatoms. The zero-order valence-electron chi connectivity index (χ0n) is 11.1. The maximum Gasteiger partial charge on any atom is 0.0746 e. The van der Waals surface area contributed by atoms with Gasteiger partial charge in [0.25, 0.3) is 0 Å². The molecule has 16 heavy (non-hydrogen) atoms. The Morgan fingerprint density at radius 1 is 1.44 bits per heavy atom. The van der Waals surface area contributed by atoms with Gasteiger partial charge in [-0.15, -0.1) is 0 Å². The van der Waals surface area contributed by atoms with E-state index in [1.165, 1.54) is 0 Å². The smallest absolute Gasteiger partial charge is 0.0746 e. The second kappa shape index (κ2) is 5.99. The SMILES string of the molecule is CC(C)CC(C)(O)CNC(C)C1CCOC1. The highest BCUT2D eigenvalue weighted by atomic mass is 16.5. The molecule has 1 aliphatic heterocycles. The summed E-state index contributed by atoms with van der Waals surface area (Å²) in [5, 5.41) is 13.6. The van der Waals surface area contributed by atoms with Crippen molar-refractivity contribution in [2.75, 3.05) is 19.8 Å². The molecule has 0 amide bonds. The Hall–Kier alpha value is -0.120. The lowest BCUT2D eigenvalue weighted by Gasteiger charge is -2.29. The van der Waals surface area contributed by atoms with Crippen LogP contribution in [0.5, 0.6) is 0 Å². The highest BCUT2D eigenvalue weighted by Crippen LogP contribution is 2.19. The van der Waals surface area contributed by atoms with Gasteiger partial charge in [-0.3, -0.25) is 0 Å². The summed E-state index contributed by atoms with van der Waals surface area (Å²) in [6, 6.07) is 0.432. The van der Waals surface area contributed by atoms with E-state index in [0.717, 1.165) is 26.1 Å². The molecule has 1 saturated heterocycles. The summed E-state index contributed by atoms with van der Waals surface area (Å²) in [5.74, 6) is 1.14. The quantitative estimate of drug-likeness (QED) is 0.730. The van der Waals surface area contributed by atoms with Gasteiger partial charge in [-0.1, -0.05) is 13.8 Å². The van der Waals surface area contributed by atoms with Crippen LogP contribution in [0.4, 0.5) is 0 Å². The Morgan fingerprint density at radius 3 is 2.62 bits per heavy atom. The minimum Gasteiger partial charge on any atom is -0.389 e. The molecule has 0 aromatic carbocycles. The second-order valence-electron chi connectivity index (χ2n) is 5.89. The summed E-state index contributed by atoms with van der Waals surface area (Å²) in [5.41, 5.74) is -0.595. The van der Waals surface area contributed by atoms with Crippen LogP contribution in [-0.4, -0.2) is 36.5 Å². The molecule has 2 N–H and O–H groups in total. The van der Waals surface area contributed by atoms with E-state index < -0.39 is 5.60 Å². The minimum absolute atomic E-state index is 0.432. The Morgan fingerprint density at radius 2 is 2.12 bits per heavy atom. The average Bonchev–Trinajstić information content (AvgIpc) is 2.64. The molecule has 3 unspecified atom stereocenters. The van der Waals surface area contributed by atoms with Gasteiger partial charge >= 0.3 is 0 Å². The second-order valence-corrected chi connectivity index (χ2v) is 5.89. The Labute approximate surface area is 99.6 Å². The van der Waals surface area contributed by atoms with Gasteiger partial charge in [0.2, 0.25) is 0 Å². The van der Waals surface area contributed by atoms with Crippen molar-refractivity contribution in [3.05, 3.63) is 0 Å². The van der Waals surface area contributed by atoms with Crippen molar-refractivity contribution in [2.24, 2.45) is 11.8 Å². The molecule has 0 aromatic heterocycles. The van der Waals surface area contributed by atoms with Crippen molar-refractivity contribution in [1.29, 1.82) is 0 Å². The van der Waals surface area contributed by atoms with E-state index >= 15 is 0 Å². The molecule has 3 nitrogen and oxygen atoms in total. The van der Waals surface area contributed by atoms with Gasteiger partial charge in [0.15, 0.2) is 0 Å². The summed E-state index contributed by atoms with van der Waals surface area (Å²) in [4.78, 5) is 0. The molecule has 0 radical (unpaired) electrons. The van der Waals surface area contributed by atoms with Gasteiger partial charge in [0.1, 0.15) is 0 Å². The first-order valence-electron chi connectivity index (χ1n) is 6.44. The third-order valence-corrected chi connectivity index (χ3v) is 3.32. The molecular formula is C13H27NO2. The first-order valence-corrected chi connectivity index (χ1v) is 6.44. The standard InChI is InChI=1S/C13H27NO2/c1-10(2)7-13(4,15)9-14-11(3)12-5-6-16-8-12/h10-12,14-15H,5-9H2,1-4H3. The van der Waals surface area contributed by atoms with Crippen LogP contribution in [0.15, 0.2) is 0 Å². The van der Waals surface area contributed by atoms with Gasteiger partial charge in [0.05, 0.1) is 12.2 Å². The van der Waals surface area contributed by atoms with Gasteiger partial charge in [0, 0.05) is 19.2 Å². The maximum absolute atomic E-state index is 10.2. The van der Waals surface area contributed by atoms with Crippen molar-refractivity contribution in [2.45, 2.75) is 52.2 Å². The van der Waals surface area contributed by atoms with E-state index in [4.69, 9.17) is 4.74 Å². The lowest BCUT2D eigenvalue weighted by molar-refractivity contribution is 0.0341. The molecule has 0 aromatic rings. The maximum atomic E-state index is 10.2. The number of rotatable bonds is 6. The molecule has 0 aliphatic carbocycles. The van der Waals surface area contributed by atoms with E-state index in [-0.39, 0.29) is 0 Å². The molecule has 96 valence electrons. The molecule has 0 spiro atoms. The lowest BCUT2D eigenvalue weighted by Crippen LogP contribution is -2.45. The van der Waals surface area contributed by atoms with Gasteiger partial charge in [-0.2, -0.15) is 0 Å². The van der Waals surface area contributed by atoms with Crippen molar-refractivity contribution >= 4 is 0 Å². The zero-order valence-corrected chi connectivity index (χ0v) is 11.1. The Balaban J connectivity index is 2.26. The summed E-state index contributed by atoms with van der Waals surface area (Å²) in [7, 11) is 0. The highest BCUT2D eigenvalue weighted by molar-refractivity contribution is 4.82. The van der Waals surface area contributed by atoms with Crippen LogP contribution in [0, 0.1) is 11.8 Å². The van der Waals surface area contributed by atoms with Crippen LogP contribution in [0.3, 0.4) is 0 Å². The van der Waals surface area contributed by atoms with Gasteiger partial charge < -0.3 is 15.2 Å². The summed E-state index contributed by atoms with van der Waals surface area (Å²) in [6.07, 6.45) is 1.98. The summed E-state index contributed by atoms with van der Waals surface area (Å²) in [6.45, 7) is 10.8. The Kier molecular flexibility index (Phi) is 5.22. The summed E-state index contributed by atoms with van der Waals surface area (Å²) < 4.78 is 5.37. The number of hydrogen-bond donors (Lipinski definition) is 2. The van der Waals surface area contributed by atoms with Crippen molar-refractivity contribution < 1.29 is 9.84 Å². The van der Waals surface area contributed by atoms with Crippen molar-refractivity contribution in [3.8, 4) is 0 Å². The first kappa shape index (κ1) is 13.9. The van der Waals surface area contributed by atoms with Crippen LogP contribution >= 0.6 is 0 Å². The van der Waals surface area contributed by atoms with Gasteiger partial charge in [-0.05, 0) is 38.5 Å². The largest absolute Gasteiger partial charge is 0.389 e. The average molecular weight is 229 g/mol. The fraction of sp³-hybridized carbons (Fsp3) is 1.00. The van der Waals surface area contributed by atoms with E-state index in [2.05, 4.69) is 26.1 Å². The van der Waals surface area contributed by atoms with Crippen molar-refractivity contribution in [3.63, 3.8) is 0 Å². The fourth-order valence-corrected chi connectivity index (χ4v) is 2.45. The van der Waals surface area contributed by atoms with Crippen LogP contribution in [0.25, 0.3) is 0 Å². The molecule has 0 bridgehead atoms. The molecule has 1 rings (SSSR count). The van der Waals surface area contributed by atoms with E-state index in [1.54, 1.807) is 0 Å². The normalized spacial score (nSPS) is 27.0. The first-order chi connectivity index (χ1) is 7.41. The van der Waals surface area contributed by atoms with Crippen LogP contribution in [-0.2, 0) is 4.74 Å². The molecule has 0 saturated carbocycles.